The Morgan fingerprint density at radius 1 is 1.32 bits per heavy atom. The molecule has 8 heteroatoms. The van der Waals surface area contributed by atoms with Crippen LogP contribution >= 0.6 is 23.2 Å². The van der Waals surface area contributed by atoms with Gasteiger partial charge in [-0.1, -0.05) is 29.3 Å². The van der Waals surface area contributed by atoms with Crippen LogP contribution in [0, 0.1) is 0 Å². The number of carbonyl (C=O) groups is 1. The van der Waals surface area contributed by atoms with E-state index in [9.17, 15) is 4.79 Å². The summed E-state index contributed by atoms with van der Waals surface area (Å²) in [6, 6.07) is 5.23. The Hall–Kier alpha value is -1.31. The lowest BCUT2D eigenvalue weighted by Crippen LogP contribution is -2.41. The molecular formula is C17H23Cl2N3O3. The molecule has 1 fully saturated rings. The van der Waals surface area contributed by atoms with Gasteiger partial charge >= 0.3 is 0 Å². The summed E-state index contributed by atoms with van der Waals surface area (Å²) in [4.78, 5) is 19.3. The zero-order chi connectivity index (χ0) is 18.1. The van der Waals surface area contributed by atoms with E-state index in [2.05, 4.69) is 15.7 Å². The van der Waals surface area contributed by atoms with Gasteiger partial charge in [-0.3, -0.25) is 20.0 Å². The minimum absolute atomic E-state index is 0.0521. The van der Waals surface area contributed by atoms with E-state index < -0.39 is 0 Å². The van der Waals surface area contributed by atoms with E-state index >= 15 is 0 Å². The number of amides is 1. The van der Waals surface area contributed by atoms with Gasteiger partial charge in [-0.2, -0.15) is 0 Å². The Labute approximate surface area is 158 Å². The van der Waals surface area contributed by atoms with Gasteiger partial charge in [0.15, 0.2) is 0 Å². The largest absolute Gasteiger partial charge is 0.379 e. The summed E-state index contributed by atoms with van der Waals surface area (Å²) in [5.74, 6) is -0.0521. The van der Waals surface area contributed by atoms with Crippen molar-refractivity contribution in [1.29, 1.82) is 0 Å². The fourth-order valence-corrected chi connectivity index (χ4v) is 2.74. The van der Waals surface area contributed by atoms with Crippen LogP contribution in [0.15, 0.2) is 24.3 Å². The highest BCUT2D eigenvalue weighted by atomic mass is 35.5. The highest BCUT2D eigenvalue weighted by Gasteiger charge is 2.10. The van der Waals surface area contributed by atoms with Gasteiger partial charge in [-0.25, -0.2) is 0 Å². The quantitative estimate of drug-likeness (QED) is 0.670. The van der Waals surface area contributed by atoms with Gasteiger partial charge in [-0.15, -0.1) is 0 Å². The number of nitrogens with one attached hydrogen (secondary N) is 2. The molecule has 1 saturated heterocycles. The molecule has 2 N–H and O–H groups in total. The van der Waals surface area contributed by atoms with Gasteiger partial charge in [-0.05, 0) is 18.2 Å². The van der Waals surface area contributed by atoms with Gasteiger partial charge in [0.2, 0.25) is 5.91 Å². The van der Waals surface area contributed by atoms with Crippen LogP contribution in [0.1, 0.15) is 12.0 Å². The highest BCUT2D eigenvalue weighted by Crippen LogP contribution is 2.25. The zero-order valence-corrected chi connectivity index (χ0v) is 15.7. The third-order valence-corrected chi connectivity index (χ3v) is 4.53. The Morgan fingerprint density at radius 3 is 2.76 bits per heavy atom. The van der Waals surface area contributed by atoms with Gasteiger partial charge < -0.3 is 10.1 Å². The number of carbonyl (C=O) groups excluding carboxylic acids is 1. The molecule has 0 atom stereocenters. The van der Waals surface area contributed by atoms with Crippen molar-refractivity contribution in [3.63, 3.8) is 0 Å². The van der Waals surface area contributed by atoms with E-state index in [1.165, 1.54) is 7.11 Å². The van der Waals surface area contributed by atoms with Crippen molar-refractivity contribution >= 4 is 34.8 Å². The highest BCUT2D eigenvalue weighted by molar-refractivity contribution is 6.42. The molecule has 0 aromatic heterocycles. The van der Waals surface area contributed by atoms with Crippen LogP contribution in [0.3, 0.4) is 0 Å². The molecule has 0 saturated carbocycles. The molecule has 0 unspecified atom stereocenters. The Morgan fingerprint density at radius 2 is 2.08 bits per heavy atom. The van der Waals surface area contributed by atoms with Crippen LogP contribution in [-0.2, 0) is 14.4 Å². The summed E-state index contributed by atoms with van der Waals surface area (Å²) < 4.78 is 5.30. The maximum absolute atomic E-state index is 12.0. The first kappa shape index (κ1) is 20.0. The molecule has 0 bridgehead atoms. The fourth-order valence-electron chi connectivity index (χ4n) is 2.44. The molecule has 25 heavy (non-hydrogen) atoms. The molecule has 2 rings (SSSR count). The number of hydroxylamine groups is 1. The second-order valence-electron chi connectivity index (χ2n) is 5.56. The second kappa shape index (κ2) is 10.6. The first-order valence-electron chi connectivity index (χ1n) is 8.11. The van der Waals surface area contributed by atoms with Crippen LogP contribution in [0.25, 0.3) is 5.70 Å². The van der Waals surface area contributed by atoms with E-state index in [0.29, 0.717) is 22.3 Å². The van der Waals surface area contributed by atoms with Gasteiger partial charge in [0, 0.05) is 38.2 Å². The lowest BCUT2D eigenvalue weighted by atomic mass is 10.1. The van der Waals surface area contributed by atoms with Crippen molar-refractivity contribution < 1.29 is 14.4 Å². The number of morpholine rings is 1. The number of benzene rings is 1. The second-order valence-corrected chi connectivity index (χ2v) is 6.38. The third-order valence-electron chi connectivity index (χ3n) is 3.79. The molecule has 1 amide bonds. The minimum atomic E-state index is -0.0521. The molecule has 1 aromatic carbocycles. The predicted molar refractivity (Wildman–Crippen MR) is 99.5 cm³/mol. The monoisotopic (exact) mass is 387 g/mol. The normalized spacial score (nSPS) is 15.9. The van der Waals surface area contributed by atoms with Crippen LogP contribution < -0.4 is 10.8 Å². The van der Waals surface area contributed by atoms with E-state index in [4.69, 9.17) is 32.8 Å². The first-order valence-corrected chi connectivity index (χ1v) is 8.87. The fraction of sp³-hybridized carbons (Fsp3) is 0.471. The molecule has 0 aliphatic carbocycles. The number of ether oxygens (including phenoxy) is 1. The smallest absolute Gasteiger partial charge is 0.223 e. The van der Waals surface area contributed by atoms with Crippen LogP contribution in [-0.4, -0.2) is 57.3 Å². The van der Waals surface area contributed by atoms with E-state index in [-0.39, 0.29) is 12.3 Å². The topological polar surface area (TPSA) is 62.8 Å². The van der Waals surface area contributed by atoms with Gasteiger partial charge in [0.1, 0.15) is 0 Å². The molecular weight excluding hydrogens is 365 g/mol. The predicted octanol–water partition coefficient (Wildman–Crippen LogP) is 2.32. The maximum Gasteiger partial charge on any atom is 0.223 e. The van der Waals surface area contributed by atoms with Crippen molar-refractivity contribution in [2.75, 3.05) is 46.5 Å². The van der Waals surface area contributed by atoms with Crippen LogP contribution in [0.5, 0.6) is 0 Å². The van der Waals surface area contributed by atoms with Crippen LogP contribution in [0.2, 0.25) is 10.0 Å². The Bertz CT molecular complexity index is 605. The van der Waals surface area contributed by atoms with Gasteiger partial charge in [0.25, 0.3) is 0 Å². The lowest BCUT2D eigenvalue weighted by molar-refractivity contribution is -0.120. The SMILES string of the molecule is CONC(=CCC(=O)NCCN1CCOCC1)c1ccc(Cl)c(Cl)c1. The van der Waals surface area contributed by atoms with Crippen LogP contribution in [0.4, 0.5) is 0 Å². The van der Waals surface area contributed by atoms with Gasteiger partial charge in [0.05, 0.1) is 36.1 Å². The molecule has 1 aliphatic heterocycles. The summed E-state index contributed by atoms with van der Waals surface area (Å²) in [6.07, 6.45) is 1.99. The Balaban J connectivity index is 1.84. The molecule has 138 valence electrons. The standard InChI is InChI=1S/C17H23Cl2N3O3/c1-24-21-16(13-2-3-14(18)15(19)12-13)4-5-17(23)20-6-7-22-8-10-25-11-9-22/h2-4,12,21H,5-11H2,1H3,(H,20,23). The molecule has 0 spiro atoms. The maximum atomic E-state index is 12.0. The molecule has 6 nitrogen and oxygen atoms in total. The minimum Gasteiger partial charge on any atom is -0.379 e. The van der Waals surface area contributed by atoms with Crippen molar-refractivity contribution in [1.82, 2.24) is 15.7 Å². The number of rotatable bonds is 8. The molecule has 1 aliphatic rings. The zero-order valence-electron chi connectivity index (χ0n) is 14.2. The van der Waals surface area contributed by atoms with Crippen molar-refractivity contribution in [2.24, 2.45) is 0 Å². The average Bonchev–Trinajstić information content (AvgIpc) is 2.62. The van der Waals surface area contributed by atoms with Crippen molar-refractivity contribution in [3.8, 4) is 0 Å². The summed E-state index contributed by atoms with van der Waals surface area (Å²) in [7, 11) is 1.51. The molecule has 0 radical (unpaired) electrons. The summed E-state index contributed by atoms with van der Waals surface area (Å²) in [5.41, 5.74) is 4.21. The summed E-state index contributed by atoms with van der Waals surface area (Å²) >= 11 is 12.0. The summed E-state index contributed by atoms with van der Waals surface area (Å²) in [5, 5.41) is 3.84. The number of halogens is 2. The Kier molecular flexibility index (Phi) is 8.51. The average molecular weight is 388 g/mol. The summed E-state index contributed by atoms with van der Waals surface area (Å²) in [6.45, 7) is 4.78. The van der Waals surface area contributed by atoms with Crippen molar-refractivity contribution in [2.45, 2.75) is 6.42 Å². The number of hydrogen-bond acceptors (Lipinski definition) is 5. The number of hydrogen-bond donors (Lipinski definition) is 2. The molecule has 1 aromatic rings. The lowest BCUT2D eigenvalue weighted by Gasteiger charge is -2.26. The van der Waals surface area contributed by atoms with E-state index in [1.807, 2.05) is 6.07 Å². The molecule has 1 heterocycles. The number of nitrogens with zero attached hydrogens (tertiary/aromatic N) is 1. The van der Waals surface area contributed by atoms with Crippen molar-refractivity contribution in [3.05, 3.63) is 39.9 Å². The van der Waals surface area contributed by atoms with E-state index in [1.54, 1.807) is 18.2 Å². The third kappa shape index (κ3) is 6.84. The first-order chi connectivity index (χ1) is 12.1. The van der Waals surface area contributed by atoms with E-state index in [0.717, 1.165) is 38.4 Å².